The molecular formula is C20H21ClN2O3S. The Kier molecular flexibility index (Phi) is 4.43. The van der Waals surface area contributed by atoms with Crippen molar-refractivity contribution >= 4 is 33.2 Å². The third-order valence-corrected chi connectivity index (χ3v) is 7.45. The number of rotatable bonds is 3. The number of anilines is 1. The summed E-state index contributed by atoms with van der Waals surface area (Å²) in [7, 11) is -3.19. The van der Waals surface area contributed by atoms with Crippen LogP contribution in [0.15, 0.2) is 42.5 Å². The second-order valence-corrected chi connectivity index (χ2v) is 9.98. The van der Waals surface area contributed by atoms with Crippen LogP contribution >= 0.6 is 11.6 Å². The van der Waals surface area contributed by atoms with E-state index in [1.165, 1.54) is 0 Å². The maximum absolute atomic E-state index is 13.2. The number of benzene rings is 2. The number of carbonyl (C=O) groups excluding carboxylic acids is 1. The SMILES string of the molecule is Cc1cccc(CN2C(=O)N(c3ccc(C)c(Cl)c3)[C@H]3CS(=O)(=O)C[C@H]32)c1. The van der Waals surface area contributed by atoms with Crippen molar-refractivity contribution in [2.45, 2.75) is 32.5 Å². The Morgan fingerprint density at radius 2 is 1.81 bits per heavy atom. The Bertz CT molecular complexity index is 1020. The number of carbonyl (C=O) groups is 1. The van der Waals surface area contributed by atoms with Crippen LogP contribution < -0.4 is 4.90 Å². The van der Waals surface area contributed by atoms with E-state index in [0.29, 0.717) is 17.3 Å². The minimum atomic E-state index is -3.19. The minimum absolute atomic E-state index is 0.00527. The molecule has 7 heteroatoms. The van der Waals surface area contributed by atoms with Gasteiger partial charge in [-0.3, -0.25) is 4.90 Å². The number of hydrogen-bond donors (Lipinski definition) is 0. The van der Waals surface area contributed by atoms with E-state index in [2.05, 4.69) is 0 Å². The fraction of sp³-hybridized carbons (Fsp3) is 0.350. The molecule has 4 rings (SSSR count). The molecule has 0 aromatic heterocycles. The van der Waals surface area contributed by atoms with E-state index < -0.39 is 9.84 Å². The number of aryl methyl sites for hydroxylation is 2. The average Bonchev–Trinajstić information content (AvgIpc) is 3.02. The standard InChI is InChI=1S/C20H21ClN2O3S/c1-13-4-3-5-15(8-13)10-22-18-11-27(25,26)12-19(18)23(20(22)24)16-7-6-14(2)17(21)9-16/h3-9,18-19H,10-12H2,1-2H3/t18-,19+/m1/s1. The lowest BCUT2D eigenvalue weighted by molar-refractivity contribution is 0.206. The molecule has 0 aliphatic carbocycles. The Labute approximate surface area is 164 Å². The summed E-state index contributed by atoms with van der Waals surface area (Å²) in [6, 6.07) is 12.5. The monoisotopic (exact) mass is 404 g/mol. The van der Waals surface area contributed by atoms with Crippen molar-refractivity contribution in [3.8, 4) is 0 Å². The molecule has 142 valence electrons. The summed E-state index contributed by atoms with van der Waals surface area (Å²) in [6.07, 6.45) is 0. The number of urea groups is 1. The van der Waals surface area contributed by atoms with E-state index >= 15 is 0 Å². The van der Waals surface area contributed by atoms with Gasteiger partial charge in [-0.05, 0) is 37.1 Å². The van der Waals surface area contributed by atoms with Gasteiger partial charge in [0, 0.05) is 17.3 Å². The molecule has 0 unspecified atom stereocenters. The van der Waals surface area contributed by atoms with Crippen molar-refractivity contribution in [1.29, 1.82) is 0 Å². The molecule has 0 saturated carbocycles. The Hall–Kier alpha value is -2.05. The Morgan fingerprint density at radius 1 is 1.07 bits per heavy atom. The average molecular weight is 405 g/mol. The molecule has 2 aliphatic rings. The maximum atomic E-state index is 13.2. The molecule has 0 radical (unpaired) electrons. The summed E-state index contributed by atoms with van der Waals surface area (Å²) in [6.45, 7) is 4.29. The van der Waals surface area contributed by atoms with Gasteiger partial charge in [0.2, 0.25) is 0 Å². The highest BCUT2D eigenvalue weighted by atomic mass is 35.5. The summed E-state index contributed by atoms with van der Waals surface area (Å²) < 4.78 is 24.6. The van der Waals surface area contributed by atoms with Gasteiger partial charge in [-0.15, -0.1) is 0 Å². The van der Waals surface area contributed by atoms with E-state index in [-0.39, 0.29) is 29.6 Å². The number of amides is 2. The fourth-order valence-corrected chi connectivity index (χ4v) is 6.13. The van der Waals surface area contributed by atoms with Crippen molar-refractivity contribution in [2.75, 3.05) is 16.4 Å². The largest absolute Gasteiger partial charge is 0.325 e. The molecule has 2 amide bonds. The minimum Gasteiger partial charge on any atom is -0.314 e. The normalized spacial score (nSPS) is 23.7. The predicted molar refractivity (Wildman–Crippen MR) is 107 cm³/mol. The van der Waals surface area contributed by atoms with Gasteiger partial charge in [0.1, 0.15) is 0 Å². The molecule has 0 spiro atoms. The van der Waals surface area contributed by atoms with Gasteiger partial charge >= 0.3 is 6.03 Å². The van der Waals surface area contributed by atoms with Gasteiger partial charge in [-0.25, -0.2) is 13.2 Å². The first-order chi connectivity index (χ1) is 12.7. The van der Waals surface area contributed by atoms with Gasteiger partial charge in [-0.2, -0.15) is 0 Å². The van der Waals surface area contributed by atoms with E-state index in [4.69, 9.17) is 11.6 Å². The van der Waals surface area contributed by atoms with Crippen molar-refractivity contribution in [3.05, 3.63) is 64.2 Å². The molecule has 2 atom stereocenters. The highest BCUT2D eigenvalue weighted by molar-refractivity contribution is 7.91. The quantitative estimate of drug-likeness (QED) is 0.735. The Morgan fingerprint density at radius 3 is 2.52 bits per heavy atom. The lowest BCUT2D eigenvalue weighted by Gasteiger charge is -2.23. The summed E-state index contributed by atoms with van der Waals surface area (Å²) in [4.78, 5) is 16.5. The first-order valence-electron chi connectivity index (χ1n) is 8.87. The number of fused-ring (bicyclic) bond motifs is 1. The zero-order valence-corrected chi connectivity index (χ0v) is 16.8. The molecule has 27 heavy (non-hydrogen) atoms. The van der Waals surface area contributed by atoms with Crippen LogP contribution in [0.1, 0.15) is 16.7 Å². The number of hydrogen-bond acceptors (Lipinski definition) is 3. The van der Waals surface area contributed by atoms with E-state index in [0.717, 1.165) is 16.7 Å². The van der Waals surface area contributed by atoms with Crippen LogP contribution in [-0.4, -0.2) is 42.9 Å². The number of nitrogens with zero attached hydrogens (tertiary/aromatic N) is 2. The van der Waals surface area contributed by atoms with Gasteiger partial charge in [0.05, 0.1) is 23.6 Å². The predicted octanol–water partition coefficient (Wildman–Crippen LogP) is 3.56. The van der Waals surface area contributed by atoms with Crippen molar-refractivity contribution in [2.24, 2.45) is 0 Å². The van der Waals surface area contributed by atoms with E-state index in [1.807, 2.05) is 50.2 Å². The second-order valence-electron chi connectivity index (χ2n) is 7.41. The molecule has 2 saturated heterocycles. The van der Waals surface area contributed by atoms with Crippen LogP contribution in [0.4, 0.5) is 10.5 Å². The smallest absolute Gasteiger partial charge is 0.314 e. The van der Waals surface area contributed by atoms with Gasteiger partial charge in [0.25, 0.3) is 0 Å². The third kappa shape index (κ3) is 3.32. The van der Waals surface area contributed by atoms with Crippen LogP contribution in [0.25, 0.3) is 0 Å². The molecule has 2 aromatic rings. The third-order valence-electron chi connectivity index (χ3n) is 5.35. The van der Waals surface area contributed by atoms with Crippen molar-refractivity contribution < 1.29 is 13.2 Å². The highest BCUT2D eigenvalue weighted by Gasteiger charge is 2.53. The zero-order valence-electron chi connectivity index (χ0n) is 15.2. The van der Waals surface area contributed by atoms with Crippen molar-refractivity contribution in [3.63, 3.8) is 0 Å². The summed E-state index contributed by atoms with van der Waals surface area (Å²) in [5.74, 6) is -0.00939. The van der Waals surface area contributed by atoms with Gasteiger partial charge in [0.15, 0.2) is 9.84 Å². The molecule has 2 fully saturated rings. The first kappa shape index (κ1) is 18.3. The molecule has 2 aromatic carbocycles. The van der Waals surface area contributed by atoms with Crippen LogP contribution in [0.5, 0.6) is 0 Å². The molecule has 5 nitrogen and oxygen atoms in total. The van der Waals surface area contributed by atoms with Crippen LogP contribution in [0.3, 0.4) is 0 Å². The maximum Gasteiger partial charge on any atom is 0.325 e. The van der Waals surface area contributed by atoms with Crippen molar-refractivity contribution in [1.82, 2.24) is 4.90 Å². The van der Waals surface area contributed by atoms with E-state index in [9.17, 15) is 13.2 Å². The zero-order chi connectivity index (χ0) is 19.3. The summed E-state index contributed by atoms with van der Waals surface area (Å²) in [5.41, 5.74) is 3.67. The van der Waals surface area contributed by atoms with Gasteiger partial charge < -0.3 is 4.90 Å². The molecular weight excluding hydrogens is 384 g/mol. The van der Waals surface area contributed by atoms with E-state index in [1.54, 1.807) is 15.9 Å². The summed E-state index contributed by atoms with van der Waals surface area (Å²) in [5, 5.41) is 0.565. The molecule has 0 bridgehead atoms. The highest BCUT2D eigenvalue weighted by Crippen LogP contribution is 2.37. The number of sulfone groups is 1. The number of halogens is 1. The lowest BCUT2D eigenvalue weighted by atomic mass is 10.1. The molecule has 2 aliphatic heterocycles. The van der Waals surface area contributed by atoms with Crippen LogP contribution in [-0.2, 0) is 16.4 Å². The first-order valence-corrected chi connectivity index (χ1v) is 11.1. The second kappa shape index (κ2) is 6.53. The molecule has 2 heterocycles. The fourth-order valence-electron chi connectivity index (χ4n) is 4.00. The topological polar surface area (TPSA) is 57.7 Å². The lowest BCUT2D eigenvalue weighted by Crippen LogP contribution is -2.37. The Balaban J connectivity index is 1.72. The van der Waals surface area contributed by atoms with Crippen LogP contribution in [0.2, 0.25) is 5.02 Å². The molecule has 0 N–H and O–H groups in total. The van der Waals surface area contributed by atoms with Gasteiger partial charge in [-0.1, -0.05) is 47.5 Å². The van der Waals surface area contributed by atoms with Crippen LogP contribution in [0, 0.1) is 13.8 Å². The summed E-state index contributed by atoms with van der Waals surface area (Å²) >= 11 is 6.25.